The Morgan fingerprint density at radius 2 is 2.08 bits per heavy atom. The summed E-state index contributed by atoms with van der Waals surface area (Å²) in [6.45, 7) is 2.78. The number of piperidine rings is 1. The smallest absolute Gasteiger partial charge is 0.278 e. The van der Waals surface area contributed by atoms with Gasteiger partial charge in [0, 0.05) is 30.9 Å². The van der Waals surface area contributed by atoms with Gasteiger partial charge in [-0.25, -0.2) is 9.07 Å². The van der Waals surface area contributed by atoms with E-state index in [1.807, 2.05) is 7.05 Å². The number of rotatable bonds is 3. The van der Waals surface area contributed by atoms with Gasteiger partial charge in [-0.2, -0.15) is 5.10 Å². The lowest BCUT2D eigenvalue weighted by Crippen LogP contribution is -2.48. The Hall–Kier alpha value is -2.25. The molecule has 0 spiro atoms. The molecule has 8 heteroatoms. The highest BCUT2D eigenvalue weighted by molar-refractivity contribution is 5.92. The molecular formula is C18H22ClFN4O2. The summed E-state index contributed by atoms with van der Waals surface area (Å²) in [6.07, 6.45) is 1.85. The van der Waals surface area contributed by atoms with Crippen molar-refractivity contribution in [2.75, 3.05) is 20.1 Å². The Labute approximate surface area is 157 Å². The van der Waals surface area contributed by atoms with Gasteiger partial charge in [0.15, 0.2) is 5.69 Å². The molecule has 1 atom stereocenters. The highest BCUT2D eigenvalue weighted by Crippen LogP contribution is 2.15. The maximum Gasteiger partial charge on any atom is 0.278 e. The third kappa shape index (κ3) is 3.94. The molecule has 1 N–H and O–H groups in total. The van der Waals surface area contributed by atoms with Crippen molar-refractivity contribution in [3.8, 4) is 5.69 Å². The van der Waals surface area contributed by atoms with Gasteiger partial charge in [-0.1, -0.05) is 12.1 Å². The monoisotopic (exact) mass is 380 g/mol. The zero-order valence-corrected chi connectivity index (χ0v) is 15.6. The van der Waals surface area contributed by atoms with Crippen LogP contribution in [-0.4, -0.2) is 46.8 Å². The van der Waals surface area contributed by atoms with Crippen LogP contribution in [0.15, 0.2) is 35.1 Å². The topological polar surface area (TPSA) is 67.2 Å². The molecule has 0 radical (unpaired) electrons. The van der Waals surface area contributed by atoms with Crippen LogP contribution < -0.4 is 10.7 Å². The number of likely N-dealkylation sites (N-methyl/N-ethyl adjacent to an activating group) is 1. The molecule has 140 valence electrons. The summed E-state index contributed by atoms with van der Waals surface area (Å²) in [6, 6.07) is 7.67. The zero-order valence-electron chi connectivity index (χ0n) is 14.7. The Balaban J connectivity index is 0.00000243. The summed E-state index contributed by atoms with van der Waals surface area (Å²) in [4.78, 5) is 26.7. The van der Waals surface area contributed by atoms with E-state index < -0.39 is 17.2 Å². The molecule has 0 aliphatic carbocycles. The standard InChI is InChI=1S/C18H21FN4O2.ClH/c1-12-10-16(24)17(18(25)22-9-5-6-13(11-22)20-2)21-23(12)15-8-4-3-7-14(15)19;/h3-4,7-8,10,13,20H,5-6,9,11H2,1-2H3;1H. The molecule has 1 amide bonds. The van der Waals surface area contributed by atoms with Crippen molar-refractivity contribution in [1.29, 1.82) is 0 Å². The lowest BCUT2D eigenvalue weighted by atomic mass is 10.1. The van der Waals surface area contributed by atoms with Crippen LogP contribution in [0, 0.1) is 12.7 Å². The normalized spacial score (nSPS) is 16.9. The van der Waals surface area contributed by atoms with Crippen LogP contribution in [0.2, 0.25) is 0 Å². The van der Waals surface area contributed by atoms with Gasteiger partial charge in [0.25, 0.3) is 5.91 Å². The van der Waals surface area contributed by atoms with Crippen LogP contribution in [0.5, 0.6) is 0 Å². The predicted octanol–water partition coefficient (Wildman–Crippen LogP) is 1.93. The number of para-hydroxylation sites is 1. The van der Waals surface area contributed by atoms with Crippen molar-refractivity contribution in [3.05, 3.63) is 57.8 Å². The number of likely N-dealkylation sites (tertiary alicyclic amines) is 1. The first-order valence-electron chi connectivity index (χ1n) is 8.33. The van der Waals surface area contributed by atoms with Crippen LogP contribution in [0.1, 0.15) is 29.0 Å². The lowest BCUT2D eigenvalue weighted by molar-refractivity contribution is 0.0688. The summed E-state index contributed by atoms with van der Waals surface area (Å²) < 4.78 is 15.4. The lowest BCUT2D eigenvalue weighted by Gasteiger charge is -2.32. The molecule has 3 rings (SSSR count). The Morgan fingerprint density at radius 3 is 2.77 bits per heavy atom. The summed E-state index contributed by atoms with van der Waals surface area (Å²) >= 11 is 0. The number of hydrogen-bond acceptors (Lipinski definition) is 4. The van der Waals surface area contributed by atoms with Crippen LogP contribution in [0.25, 0.3) is 5.69 Å². The fourth-order valence-corrected chi connectivity index (χ4v) is 3.11. The SMILES string of the molecule is CNC1CCCN(C(=O)c2nn(-c3ccccc3F)c(C)cc2=O)C1.Cl. The van der Waals surface area contributed by atoms with Crippen LogP contribution >= 0.6 is 12.4 Å². The summed E-state index contributed by atoms with van der Waals surface area (Å²) in [5, 5.41) is 7.34. The fraction of sp³-hybridized carbons (Fsp3) is 0.389. The average molecular weight is 381 g/mol. The van der Waals surface area contributed by atoms with Gasteiger partial charge in [0.2, 0.25) is 5.43 Å². The first-order valence-corrected chi connectivity index (χ1v) is 8.33. The van der Waals surface area contributed by atoms with E-state index in [-0.39, 0.29) is 29.8 Å². The number of aryl methyl sites for hydroxylation is 1. The van der Waals surface area contributed by atoms with Crippen molar-refractivity contribution in [2.24, 2.45) is 0 Å². The van der Waals surface area contributed by atoms with E-state index in [2.05, 4.69) is 10.4 Å². The number of amides is 1. The Kier molecular flexibility index (Phi) is 6.50. The van der Waals surface area contributed by atoms with Gasteiger partial charge in [0.1, 0.15) is 11.5 Å². The van der Waals surface area contributed by atoms with E-state index in [9.17, 15) is 14.0 Å². The molecule has 1 fully saturated rings. The van der Waals surface area contributed by atoms with Crippen molar-refractivity contribution in [3.63, 3.8) is 0 Å². The van der Waals surface area contributed by atoms with E-state index in [0.717, 1.165) is 12.8 Å². The number of hydrogen-bond donors (Lipinski definition) is 1. The molecular weight excluding hydrogens is 359 g/mol. The van der Waals surface area contributed by atoms with E-state index in [1.54, 1.807) is 30.0 Å². The highest BCUT2D eigenvalue weighted by Gasteiger charge is 2.27. The van der Waals surface area contributed by atoms with Crippen LogP contribution in [0.3, 0.4) is 0 Å². The molecule has 1 aliphatic rings. The summed E-state index contributed by atoms with van der Waals surface area (Å²) in [5.41, 5.74) is 0.0615. The van der Waals surface area contributed by atoms with Crippen LogP contribution in [-0.2, 0) is 0 Å². The Morgan fingerprint density at radius 1 is 1.35 bits per heavy atom. The van der Waals surface area contributed by atoms with E-state index in [1.165, 1.54) is 16.8 Å². The molecule has 1 aliphatic heterocycles. The molecule has 6 nitrogen and oxygen atoms in total. The van der Waals surface area contributed by atoms with Crippen LogP contribution in [0.4, 0.5) is 4.39 Å². The van der Waals surface area contributed by atoms with E-state index in [0.29, 0.717) is 18.8 Å². The van der Waals surface area contributed by atoms with Gasteiger partial charge in [-0.15, -0.1) is 12.4 Å². The minimum atomic E-state index is -0.464. The quantitative estimate of drug-likeness (QED) is 0.883. The van der Waals surface area contributed by atoms with E-state index in [4.69, 9.17) is 0 Å². The number of halogens is 2. The van der Waals surface area contributed by atoms with Crippen molar-refractivity contribution in [2.45, 2.75) is 25.8 Å². The molecule has 0 saturated carbocycles. The second kappa shape index (κ2) is 8.42. The number of nitrogens with zero attached hydrogens (tertiary/aromatic N) is 3. The van der Waals surface area contributed by atoms with E-state index >= 15 is 0 Å². The largest absolute Gasteiger partial charge is 0.336 e. The molecule has 2 heterocycles. The van der Waals surface area contributed by atoms with Gasteiger partial charge in [0.05, 0.1) is 0 Å². The minimum Gasteiger partial charge on any atom is -0.336 e. The average Bonchev–Trinajstić information content (AvgIpc) is 2.62. The van der Waals surface area contributed by atoms with Crippen molar-refractivity contribution >= 4 is 18.3 Å². The first kappa shape index (κ1) is 20.1. The van der Waals surface area contributed by atoms with Crippen molar-refractivity contribution in [1.82, 2.24) is 20.0 Å². The number of carbonyl (C=O) groups is 1. The second-order valence-electron chi connectivity index (χ2n) is 6.24. The summed E-state index contributed by atoms with van der Waals surface area (Å²) in [5.74, 6) is -0.872. The van der Waals surface area contributed by atoms with Gasteiger partial charge >= 0.3 is 0 Å². The van der Waals surface area contributed by atoms with Gasteiger partial charge < -0.3 is 10.2 Å². The molecule has 0 bridgehead atoms. The third-order valence-corrected chi connectivity index (χ3v) is 4.51. The second-order valence-corrected chi connectivity index (χ2v) is 6.24. The Bertz CT molecular complexity index is 855. The molecule has 1 unspecified atom stereocenters. The fourth-order valence-electron chi connectivity index (χ4n) is 3.11. The third-order valence-electron chi connectivity index (χ3n) is 4.51. The predicted molar refractivity (Wildman–Crippen MR) is 99.8 cm³/mol. The highest BCUT2D eigenvalue weighted by atomic mass is 35.5. The zero-order chi connectivity index (χ0) is 18.0. The first-order chi connectivity index (χ1) is 12.0. The van der Waals surface area contributed by atoms with Gasteiger partial charge in [-0.3, -0.25) is 9.59 Å². The number of aromatic nitrogens is 2. The maximum atomic E-state index is 14.1. The summed E-state index contributed by atoms with van der Waals surface area (Å²) in [7, 11) is 1.86. The molecule has 1 aromatic heterocycles. The maximum absolute atomic E-state index is 14.1. The number of nitrogens with one attached hydrogen (secondary N) is 1. The molecule has 2 aromatic rings. The molecule has 1 saturated heterocycles. The minimum absolute atomic E-state index is 0. The molecule has 26 heavy (non-hydrogen) atoms. The van der Waals surface area contributed by atoms with Crippen molar-refractivity contribution < 1.29 is 9.18 Å². The molecule has 1 aromatic carbocycles. The number of benzene rings is 1. The van der Waals surface area contributed by atoms with Gasteiger partial charge in [-0.05, 0) is 38.9 Å². The number of carbonyl (C=O) groups excluding carboxylic acids is 1.